The van der Waals surface area contributed by atoms with Gasteiger partial charge in [0.25, 0.3) is 0 Å². The fourth-order valence-electron chi connectivity index (χ4n) is 10.1. The Balaban J connectivity index is 1.33. The van der Waals surface area contributed by atoms with E-state index in [0.717, 1.165) is 51.1 Å². The molecule has 7 aliphatic rings. The van der Waals surface area contributed by atoms with Crippen molar-refractivity contribution in [2.45, 2.75) is 114 Å². The fourth-order valence-corrected chi connectivity index (χ4v) is 10.1. The maximum atomic E-state index is 12.8. The van der Waals surface area contributed by atoms with Gasteiger partial charge in [-0.3, -0.25) is 4.90 Å². The van der Waals surface area contributed by atoms with Gasteiger partial charge in [0.05, 0.1) is 24.9 Å². The first-order valence-electron chi connectivity index (χ1n) is 16.3. The highest BCUT2D eigenvalue weighted by molar-refractivity contribution is 5.70. The highest BCUT2D eigenvalue weighted by atomic mass is 16.7. The van der Waals surface area contributed by atoms with Crippen LogP contribution < -0.4 is 9.47 Å². The van der Waals surface area contributed by atoms with Crippen LogP contribution >= 0.6 is 0 Å². The lowest BCUT2D eigenvalue weighted by molar-refractivity contribution is -0.312. The van der Waals surface area contributed by atoms with Gasteiger partial charge < -0.3 is 34.3 Å². The zero-order valence-corrected chi connectivity index (χ0v) is 26.4. The van der Waals surface area contributed by atoms with Crippen molar-refractivity contribution in [1.82, 2.24) is 4.90 Å². The molecule has 1 saturated heterocycles. The molecule has 43 heavy (non-hydrogen) atoms. The fraction of sp³-hybridized carbons (Fsp3) is 0.794. The molecule has 0 radical (unpaired) electrons. The lowest BCUT2D eigenvalue weighted by atomic mass is 9.33. The van der Waals surface area contributed by atoms with Crippen LogP contribution in [0, 0.1) is 22.7 Å². The van der Waals surface area contributed by atoms with Crippen molar-refractivity contribution in [3.05, 3.63) is 23.3 Å². The van der Waals surface area contributed by atoms with E-state index in [1.54, 1.807) is 7.11 Å². The summed E-state index contributed by atoms with van der Waals surface area (Å²) in [6, 6.07) is 4.29. The van der Waals surface area contributed by atoms with E-state index >= 15 is 0 Å². The quantitative estimate of drug-likeness (QED) is 0.286. The van der Waals surface area contributed by atoms with Crippen LogP contribution in [0.3, 0.4) is 0 Å². The topological polar surface area (TPSA) is 118 Å². The number of hydrogen-bond donors (Lipinski definition) is 3. The molecule has 9 heteroatoms. The maximum Gasteiger partial charge on any atom is 0.513 e. The van der Waals surface area contributed by atoms with E-state index in [1.165, 1.54) is 24.0 Å². The predicted octanol–water partition coefficient (Wildman–Crippen LogP) is 3.97. The molecule has 238 valence electrons. The molecule has 3 N–H and O–H groups in total. The van der Waals surface area contributed by atoms with E-state index < -0.39 is 30.1 Å². The molecule has 4 bridgehead atoms. The van der Waals surface area contributed by atoms with Crippen LogP contribution in [0.4, 0.5) is 4.79 Å². The highest BCUT2D eigenvalue weighted by Gasteiger charge is 2.82. The van der Waals surface area contributed by atoms with Crippen LogP contribution in [0.25, 0.3) is 0 Å². The summed E-state index contributed by atoms with van der Waals surface area (Å²) in [6.45, 7) is 10.0. The molecule has 2 spiro atoms. The third-order valence-corrected chi connectivity index (χ3v) is 12.9. The number of carbonyl (C=O) groups excluding carboxylic acids is 1. The molecule has 5 aliphatic carbocycles. The maximum absolute atomic E-state index is 12.8. The molecule has 1 aromatic rings. The van der Waals surface area contributed by atoms with E-state index in [-0.39, 0.29) is 41.3 Å². The second-order valence-corrected chi connectivity index (χ2v) is 15.6. The number of rotatable bonds is 9. The Bertz CT molecular complexity index is 1290. The number of ether oxygens (including phenoxy) is 4. The van der Waals surface area contributed by atoms with Gasteiger partial charge in [-0.2, -0.15) is 0 Å². The van der Waals surface area contributed by atoms with E-state index in [1.807, 2.05) is 13.0 Å². The largest absolute Gasteiger partial charge is 0.513 e. The number of benzene rings is 1. The lowest BCUT2D eigenvalue weighted by Crippen LogP contribution is -2.83. The summed E-state index contributed by atoms with van der Waals surface area (Å²) in [4.78, 5) is 15.5. The first kappa shape index (κ1) is 29.8. The van der Waals surface area contributed by atoms with Crippen molar-refractivity contribution in [3.8, 4) is 11.5 Å². The minimum absolute atomic E-state index is 0.0633. The van der Waals surface area contributed by atoms with Gasteiger partial charge >= 0.3 is 6.16 Å². The van der Waals surface area contributed by atoms with Gasteiger partial charge in [0.1, 0.15) is 11.7 Å². The number of aliphatic hydroxyl groups is 3. The minimum Gasteiger partial charge on any atom is -0.482 e. The summed E-state index contributed by atoms with van der Waals surface area (Å²) < 4.78 is 24.8. The molecule has 0 aromatic heterocycles. The Morgan fingerprint density at radius 3 is 2.63 bits per heavy atom. The molecule has 0 unspecified atom stereocenters. The van der Waals surface area contributed by atoms with E-state index in [4.69, 9.17) is 24.1 Å². The third-order valence-electron chi connectivity index (χ3n) is 12.9. The van der Waals surface area contributed by atoms with Crippen molar-refractivity contribution in [2.24, 2.45) is 22.7 Å². The van der Waals surface area contributed by atoms with E-state index in [2.05, 4.69) is 31.7 Å². The molecule has 9 nitrogen and oxygen atoms in total. The Hall–Kier alpha value is -1.91. The molecule has 2 heterocycles. The standard InChI is InChI=1S/C34H49NO8/c1-30(2,3)31(4,39)24-17-32-11-12-34(24,40-5)28-33(32)13-14-35(18-20-6-7-20)25(32)16-21-8-9-23(27(43-28)26(21)33)42-29(38)41-15-10-22(37)19-36/h8-9,20,22,24-25,28,36-37,39H,6-7,10-19H2,1-5H3/t22-,24+,25+,28+,31-,32+,33-,34+/m0/s1. The first-order valence-corrected chi connectivity index (χ1v) is 16.3. The predicted molar refractivity (Wildman–Crippen MR) is 158 cm³/mol. The van der Waals surface area contributed by atoms with Crippen molar-refractivity contribution < 1.29 is 39.1 Å². The smallest absolute Gasteiger partial charge is 0.482 e. The first-order chi connectivity index (χ1) is 20.3. The van der Waals surface area contributed by atoms with Crippen molar-refractivity contribution in [1.29, 1.82) is 0 Å². The molecule has 1 aromatic carbocycles. The van der Waals surface area contributed by atoms with Crippen LogP contribution in [-0.4, -0.2) is 89.2 Å². The molecule has 8 atom stereocenters. The van der Waals surface area contributed by atoms with Gasteiger partial charge in [-0.1, -0.05) is 26.8 Å². The number of carbonyl (C=O) groups is 1. The van der Waals surface area contributed by atoms with E-state index in [0.29, 0.717) is 17.5 Å². The Morgan fingerprint density at radius 2 is 1.95 bits per heavy atom. The van der Waals surface area contributed by atoms with Gasteiger partial charge in [-0.15, -0.1) is 0 Å². The van der Waals surface area contributed by atoms with Crippen LogP contribution in [0.2, 0.25) is 0 Å². The van der Waals surface area contributed by atoms with Crippen LogP contribution in [0.1, 0.15) is 83.8 Å². The molecule has 0 amide bonds. The second kappa shape index (κ2) is 9.79. The molecule has 2 aliphatic heterocycles. The van der Waals surface area contributed by atoms with Gasteiger partial charge in [-0.25, -0.2) is 4.79 Å². The van der Waals surface area contributed by atoms with Crippen molar-refractivity contribution in [2.75, 3.05) is 33.4 Å². The number of nitrogens with zero attached hydrogens (tertiary/aromatic N) is 1. The lowest BCUT2D eigenvalue weighted by Gasteiger charge is -2.75. The van der Waals surface area contributed by atoms with E-state index in [9.17, 15) is 15.0 Å². The summed E-state index contributed by atoms with van der Waals surface area (Å²) in [5.74, 6) is 1.61. The molecular weight excluding hydrogens is 550 g/mol. The molecule has 4 saturated carbocycles. The summed E-state index contributed by atoms with van der Waals surface area (Å²) in [7, 11) is 1.78. The SMILES string of the molecule is CO[C@]12CC[C@@]3(C[C@@H]1[C@](C)(O)C(C)(C)C)[C@H]1Cc4ccc(OC(=O)OCC[C@H](O)CO)c5c4[C@@]3(CCN1CC1CC1)[C@H]2O5. The normalized spacial score (nSPS) is 37.7. The van der Waals surface area contributed by atoms with Crippen LogP contribution in [-0.2, 0) is 21.3 Å². The average Bonchev–Trinajstić information content (AvgIpc) is 3.71. The van der Waals surface area contributed by atoms with Gasteiger partial charge in [0.2, 0.25) is 0 Å². The summed E-state index contributed by atoms with van der Waals surface area (Å²) in [6.07, 6.45) is 5.20. The van der Waals surface area contributed by atoms with Crippen LogP contribution in [0.5, 0.6) is 11.5 Å². The Labute approximate surface area is 254 Å². The summed E-state index contributed by atoms with van der Waals surface area (Å²) >= 11 is 0. The number of fused-ring (bicyclic) bond motifs is 2. The Kier molecular flexibility index (Phi) is 6.78. The zero-order chi connectivity index (χ0) is 30.6. The van der Waals surface area contributed by atoms with Crippen molar-refractivity contribution >= 4 is 6.16 Å². The van der Waals surface area contributed by atoms with Gasteiger partial charge in [0.15, 0.2) is 11.5 Å². The monoisotopic (exact) mass is 599 g/mol. The minimum atomic E-state index is -1.01. The average molecular weight is 600 g/mol. The van der Waals surface area contributed by atoms with Crippen molar-refractivity contribution in [3.63, 3.8) is 0 Å². The summed E-state index contributed by atoms with van der Waals surface area (Å²) in [5.41, 5.74) is -0.0344. The Morgan fingerprint density at radius 1 is 1.19 bits per heavy atom. The third kappa shape index (κ3) is 3.97. The zero-order valence-electron chi connectivity index (χ0n) is 26.4. The van der Waals surface area contributed by atoms with Crippen LogP contribution in [0.15, 0.2) is 12.1 Å². The molecule has 5 fully saturated rings. The number of likely N-dealkylation sites (tertiary alicyclic amines) is 1. The van der Waals surface area contributed by atoms with Gasteiger partial charge in [0, 0.05) is 48.4 Å². The molecular formula is C34H49NO8. The molecule has 8 rings (SSSR count). The number of piperidine rings is 1. The second-order valence-electron chi connectivity index (χ2n) is 15.6. The number of hydrogen-bond acceptors (Lipinski definition) is 9. The highest BCUT2D eigenvalue weighted by Crippen LogP contribution is 2.78. The number of aliphatic hydroxyl groups excluding tert-OH is 2. The number of methoxy groups -OCH3 is 1. The van der Waals surface area contributed by atoms with Gasteiger partial charge in [-0.05, 0) is 81.4 Å². The summed E-state index contributed by atoms with van der Waals surface area (Å²) in [5, 5.41) is 31.1.